The zero-order chi connectivity index (χ0) is 15.9. The number of ether oxygens (including phenoxy) is 2. The molecule has 2 fully saturated rings. The Balaban J connectivity index is 1.87. The summed E-state index contributed by atoms with van der Waals surface area (Å²) in [6.07, 6.45) is 2.09. The first-order valence-electron chi connectivity index (χ1n) is 7.02. The molecule has 1 saturated heterocycles. The molecule has 118 valence electrons. The second kappa shape index (κ2) is 5.68. The Hall–Kier alpha value is -1.96. The zero-order valence-electron chi connectivity index (χ0n) is 12.3. The van der Waals surface area contributed by atoms with E-state index < -0.39 is 17.9 Å². The highest BCUT2D eigenvalue weighted by atomic mass is 32.1. The van der Waals surface area contributed by atoms with Crippen molar-refractivity contribution in [3.63, 3.8) is 0 Å². The molecule has 3 rings (SSSR count). The van der Waals surface area contributed by atoms with Gasteiger partial charge in [0.25, 0.3) is 0 Å². The molecule has 1 amide bonds. The van der Waals surface area contributed by atoms with Crippen LogP contribution in [-0.2, 0) is 19.1 Å². The largest absolute Gasteiger partial charge is 0.469 e. The van der Waals surface area contributed by atoms with Crippen LogP contribution in [0.2, 0.25) is 0 Å². The molecule has 8 heteroatoms. The summed E-state index contributed by atoms with van der Waals surface area (Å²) in [5.74, 6) is -1.21. The monoisotopic (exact) mass is 324 g/mol. The first kappa shape index (κ1) is 15.0. The molecule has 22 heavy (non-hydrogen) atoms. The van der Waals surface area contributed by atoms with Crippen molar-refractivity contribution in [3.8, 4) is 0 Å². The maximum Gasteiger partial charge on any atom is 0.350 e. The van der Waals surface area contributed by atoms with Crippen molar-refractivity contribution in [1.29, 1.82) is 0 Å². The van der Waals surface area contributed by atoms with Gasteiger partial charge >= 0.3 is 11.9 Å². The summed E-state index contributed by atoms with van der Waals surface area (Å²) in [6.45, 7) is 0.240. The highest BCUT2D eigenvalue weighted by Gasteiger charge is 2.39. The van der Waals surface area contributed by atoms with Crippen LogP contribution in [0.3, 0.4) is 0 Å². The van der Waals surface area contributed by atoms with Crippen LogP contribution in [-0.4, -0.2) is 43.6 Å². The number of aromatic nitrogens is 1. The van der Waals surface area contributed by atoms with Gasteiger partial charge in [-0.25, -0.2) is 9.78 Å². The quantitative estimate of drug-likeness (QED) is 0.777. The van der Waals surface area contributed by atoms with E-state index in [1.165, 1.54) is 19.1 Å². The molecule has 1 saturated carbocycles. The van der Waals surface area contributed by atoms with Crippen LogP contribution in [0.25, 0.3) is 0 Å². The molecule has 1 aliphatic carbocycles. The number of hydrogen-bond donors (Lipinski definition) is 0. The van der Waals surface area contributed by atoms with Gasteiger partial charge in [0.2, 0.25) is 5.91 Å². The standard InChI is InChI=1S/C14H16N2O5S/c1-20-12(18)8-5-9(17)16(6-8)14-15-10(7-3-4-7)11(22-14)13(19)21-2/h7-8H,3-6H2,1-2H3. The van der Waals surface area contributed by atoms with Gasteiger partial charge in [-0.2, -0.15) is 0 Å². The van der Waals surface area contributed by atoms with Crippen molar-refractivity contribution in [2.75, 3.05) is 25.7 Å². The Morgan fingerprint density at radius 2 is 2.00 bits per heavy atom. The smallest absolute Gasteiger partial charge is 0.350 e. The average Bonchev–Trinajstić information content (AvgIpc) is 3.16. The van der Waals surface area contributed by atoms with Crippen LogP contribution in [0, 0.1) is 5.92 Å². The van der Waals surface area contributed by atoms with Crippen LogP contribution >= 0.6 is 11.3 Å². The van der Waals surface area contributed by atoms with E-state index >= 15 is 0 Å². The van der Waals surface area contributed by atoms with E-state index in [9.17, 15) is 14.4 Å². The molecule has 1 atom stereocenters. The molecule has 0 spiro atoms. The molecule has 2 aliphatic rings. The number of hydrogen-bond acceptors (Lipinski definition) is 7. The Morgan fingerprint density at radius 1 is 1.27 bits per heavy atom. The summed E-state index contributed by atoms with van der Waals surface area (Å²) in [6, 6.07) is 0. The van der Waals surface area contributed by atoms with Crippen LogP contribution in [0.15, 0.2) is 0 Å². The highest BCUT2D eigenvalue weighted by Crippen LogP contribution is 2.45. The third kappa shape index (κ3) is 2.58. The number of rotatable bonds is 4. The van der Waals surface area contributed by atoms with Crippen molar-refractivity contribution < 1.29 is 23.9 Å². The number of methoxy groups -OCH3 is 2. The summed E-state index contributed by atoms with van der Waals surface area (Å²) in [4.78, 5) is 42.0. The molecule has 1 unspecified atom stereocenters. The Bertz CT molecular complexity index is 637. The lowest BCUT2D eigenvalue weighted by molar-refractivity contribution is -0.145. The highest BCUT2D eigenvalue weighted by molar-refractivity contribution is 7.17. The van der Waals surface area contributed by atoms with Gasteiger partial charge in [0, 0.05) is 18.9 Å². The third-order valence-electron chi connectivity index (χ3n) is 3.87. The summed E-state index contributed by atoms with van der Waals surface area (Å²) in [7, 11) is 2.63. The van der Waals surface area contributed by atoms with Crippen LogP contribution in [0.1, 0.15) is 40.5 Å². The van der Waals surface area contributed by atoms with Gasteiger partial charge in [-0.1, -0.05) is 11.3 Å². The van der Waals surface area contributed by atoms with Crippen LogP contribution in [0.5, 0.6) is 0 Å². The number of thiazole rings is 1. The van der Waals surface area contributed by atoms with Crippen molar-refractivity contribution in [2.24, 2.45) is 5.92 Å². The van der Waals surface area contributed by atoms with E-state index in [0.29, 0.717) is 15.7 Å². The predicted molar refractivity (Wildman–Crippen MR) is 77.9 cm³/mol. The van der Waals surface area contributed by atoms with E-state index in [1.807, 2.05) is 0 Å². The minimum Gasteiger partial charge on any atom is -0.469 e. The van der Waals surface area contributed by atoms with Crippen molar-refractivity contribution in [3.05, 3.63) is 10.6 Å². The van der Waals surface area contributed by atoms with Crippen molar-refractivity contribution >= 4 is 34.3 Å². The zero-order valence-corrected chi connectivity index (χ0v) is 13.1. The Kier molecular flexibility index (Phi) is 3.86. The minimum absolute atomic E-state index is 0.110. The van der Waals surface area contributed by atoms with E-state index in [4.69, 9.17) is 9.47 Å². The van der Waals surface area contributed by atoms with Gasteiger partial charge < -0.3 is 9.47 Å². The fraction of sp³-hybridized carbons (Fsp3) is 0.571. The lowest BCUT2D eigenvalue weighted by Gasteiger charge is -2.11. The number of carbonyl (C=O) groups is 3. The van der Waals surface area contributed by atoms with E-state index in [-0.39, 0.29) is 24.8 Å². The van der Waals surface area contributed by atoms with Gasteiger partial charge in [0.05, 0.1) is 25.8 Å². The molecule has 7 nitrogen and oxygen atoms in total. The van der Waals surface area contributed by atoms with E-state index in [0.717, 1.165) is 24.2 Å². The Labute approximate surface area is 131 Å². The molecule has 1 aliphatic heterocycles. The van der Waals surface area contributed by atoms with Gasteiger partial charge in [-0.3, -0.25) is 14.5 Å². The number of nitrogens with zero attached hydrogens (tertiary/aromatic N) is 2. The maximum absolute atomic E-state index is 12.1. The number of amides is 1. The van der Waals surface area contributed by atoms with Gasteiger partial charge in [0.15, 0.2) is 5.13 Å². The second-order valence-corrected chi connectivity index (χ2v) is 6.38. The number of carbonyl (C=O) groups excluding carboxylic acids is 3. The fourth-order valence-corrected chi connectivity index (χ4v) is 3.62. The summed E-state index contributed by atoms with van der Waals surface area (Å²) in [5, 5.41) is 0.457. The lowest BCUT2D eigenvalue weighted by Crippen LogP contribution is -2.26. The van der Waals surface area contributed by atoms with Crippen LogP contribution < -0.4 is 4.90 Å². The minimum atomic E-state index is -0.479. The van der Waals surface area contributed by atoms with Crippen molar-refractivity contribution in [2.45, 2.75) is 25.2 Å². The van der Waals surface area contributed by atoms with Crippen molar-refractivity contribution in [1.82, 2.24) is 4.98 Å². The molecule has 0 N–H and O–H groups in total. The van der Waals surface area contributed by atoms with Gasteiger partial charge in [-0.05, 0) is 12.8 Å². The summed E-state index contributed by atoms with van der Waals surface area (Å²) < 4.78 is 9.48. The number of anilines is 1. The SMILES string of the molecule is COC(=O)c1sc(N2CC(C(=O)OC)CC2=O)nc1C1CC1. The lowest BCUT2D eigenvalue weighted by atomic mass is 10.1. The fourth-order valence-electron chi connectivity index (χ4n) is 2.53. The van der Waals surface area contributed by atoms with E-state index in [1.54, 1.807) is 0 Å². The average molecular weight is 324 g/mol. The molecular weight excluding hydrogens is 308 g/mol. The second-order valence-electron chi connectivity index (χ2n) is 5.41. The number of esters is 2. The van der Waals surface area contributed by atoms with Crippen LogP contribution in [0.4, 0.5) is 5.13 Å². The molecule has 0 aromatic carbocycles. The summed E-state index contributed by atoms with van der Waals surface area (Å²) in [5.41, 5.74) is 0.709. The first-order chi connectivity index (χ1) is 10.5. The molecule has 2 heterocycles. The van der Waals surface area contributed by atoms with Gasteiger partial charge in [-0.15, -0.1) is 0 Å². The van der Waals surface area contributed by atoms with Gasteiger partial charge in [0.1, 0.15) is 4.88 Å². The Morgan fingerprint density at radius 3 is 2.59 bits per heavy atom. The topological polar surface area (TPSA) is 85.8 Å². The third-order valence-corrected chi connectivity index (χ3v) is 4.94. The molecule has 1 aromatic heterocycles. The predicted octanol–water partition coefficient (Wildman–Crippen LogP) is 1.33. The molecule has 0 radical (unpaired) electrons. The normalized spacial score (nSPS) is 21.1. The molecule has 0 bridgehead atoms. The first-order valence-corrected chi connectivity index (χ1v) is 7.84. The summed E-state index contributed by atoms with van der Waals surface area (Å²) >= 11 is 1.15. The molecular formula is C14H16N2O5S. The van der Waals surface area contributed by atoms with E-state index in [2.05, 4.69) is 4.98 Å². The maximum atomic E-state index is 12.1. The molecule has 1 aromatic rings.